The molecule has 2 aromatic carbocycles. The standard InChI is InChI=1S/C20H17N3O2S/c24-19(16-10-7-13-21-14-16)22-23-20(25)18(15-8-3-1-4-9-15)26-17-11-5-2-6-12-17/h1-14,18H,(H,22,24)(H,23,25)/t18-/m1/s1. The number of hydrazine groups is 1. The molecule has 1 atom stereocenters. The third kappa shape index (κ3) is 4.70. The number of hydrogen-bond donors (Lipinski definition) is 2. The van der Waals surface area contributed by atoms with Crippen molar-refractivity contribution in [2.45, 2.75) is 10.1 Å². The molecule has 1 heterocycles. The number of pyridine rings is 1. The number of carbonyl (C=O) groups excluding carboxylic acids is 2. The van der Waals surface area contributed by atoms with Crippen LogP contribution in [0.1, 0.15) is 21.2 Å². The third-order valence-electron chi connectivity index (χ3n) is 3.56. The van der Waals surface area contributed by atoms with Crippen LogP contribution < -0.4 is 10.9 Å². The Morgan fingerprint density at radius 3 is 2.19 bits per heavy atom. The van der Waals surface area contributed by atoms with Gasteiger partial charge >= 0.3 is 0 Å². The van der Waals surface area contributed by atoms with Crippen LogP contribution in [0.3, 0.4) is 0 Å². The Morgan fingerprint density at radius 1 is 0.846 bits per heavy atom. The van der Waals surface area contributed by atoms with Gasteiger partial charge in [0.15, 0.2) is 0 Å². The molecule has 0 radical (unpaired) electrons. The molecule has 3 rings (SSSR count). The third-order valence-corrected chi connectivity index (χ3v) is 4.83. The van der Waals surface area contributed by atoms with Crippen LogP contribution in [0.25, 0.3) is 0 Å². The van der Waals surface area contributed by atoms with Crippen LogP contribution in [0, 0.1) is 0 Å². The molecular weight excluding hydrogens is 346 g/mol. The Bertz CT molecular complexity index is 858. The van der Waals surface area contributed by atoms with Gasteiger partial charge in [-0.25, -0.2) is 0 Å². The van der Waals surface area contributed by atoms with Crippen LogP contribution in [-0.2, 0) is 4.79 Å². The van der Waals surface area contributed by atoms with Gasteiger partial charge in [-0.05, 0) is 29.8 Å². The molecular formula is C20H17N3O2S. The molecule has 3 aromatic rings. The number of thioether (sulfide) groups is 1. The van der Waals surface area contributed by atoms with Crippen molar-refractivity contribution in [3.63, 3.8) is 0 Å². The number of carbonyl (C=O) groups is 2. The fourth-order valence-electron chi connectivity index (χ4n) is 2.29. The Kier molecular flexibility index (Phi) is 6.01. The van der Waals surface area contributed by atoms with Gasteiger partial charge in [0.2, 0.25) is 0 Å². The molecule has 0 aliphatic carbocycles. The predicted molar refractivity (Wildman–Crippen MR) is 101 cm³/mol. The van der Waals surface area contributed by atoms with Gasteiger partial charge in [-0.3, -0.25) is 25.4 Å². The van der Waals surface area contributed by atoms with Gasteiger partial charge in [0, 0.05) is 17.3 Å². The maximum atomic E-state index is 12.7. The summed E-state index contributed by atoms with van der Waals surface area (Å²) in [6.45, 7) is 0. The van der Waals surface area contributed by atoms with E-state index in [0.717, 1.165) is 10.5 Å². The molecule has 2 amide bonds. The summed E-state index contributed by atoms with van der Waals surface area (Å²) in [5.41, 5.74) is 6.19. The maximum Gasteiger partial charge on any atom is 0.271 e. The molecule has 0 unspecified atom stereocenters. The Morgan fingerprint density at radius 2 is 1.54 bits per heavy atom. The van der Waals surface area contributed by atoms with Crippen molar-refractivity contribution in [3.05, 3.63) is 96.3 Å². The second kappa shape index (κ2) is 8.82. The molecule has 26 heavy (non-hydrogen) atoms. The summed E-state index contributed by atoms with van der Waals surface area (Å²) in [5.74, 6) is -0.717. The topological polar surface area (TPSA) is 71.1 Å². The lowest BCUT2D eigenvalue weighted by Crippen LogP contribution is -2.43. The van der Waals surface area contributed by atoms with E-state index in [1.54, 1.807) is 18.3 Å². The van der Waals surface area contributed by atoms with Crippen LogP contribution in [0.4, 0.5) is 0 Å². The second-order valence-corrected chi connectivity index (χ2v) is 6.59. The molecule has 0 aliphatic rings. The lowest BCUT2D eigenvalue weighted by Gasteiger charge is -2.17. The lowest BCUT2D eigenvalue weighted by atomic mass is 10.1. The van der Waals surface area contributed by atoms with Crippen molar-refractivity contribution in [1.82, 2.24) is 15.8 Å². The van der Waals surface area contributed by atoms with E-state index in [1.807, 2.05) is 60.7 Å². The highest BCUT2D eigenvalue weighted by atomic mass is 32.2. The van der Waals surface area contributed by atoms with E-state index in [9.17, 15) is 9.59 Å². The summed E-state index contributed by atoms with van der Waals surface area (Å²) in [4.78, 5) is 29.7. The molecule has 6 heteroatoms. The Labute approximate surface area is 155 Å². The first kappa shape index (κ1) is 17.7. The number of rotatable bonds is 5. The van der Waals surface area contributed by atoms with E-state index >= 15 is 0 Å². The van der Waals surface area contributed by atoms with Crippen molar-refractivity contribution in [3.8, 4) is 0 Å². The Hall–Kier alpha value is -3.12. The molecule has 2 N–H and O–H groups in total. The van der Waals surface area contributed by atoms with E-state index in [1.165, 1.54) is 18.0 Å². The first-order valence-electron chi connectivity index (χ1n) is 8.01. The summed E-state index contributed by atoms with van der Waals surface area (Å²) >= 11 is 1.42. The minimum absolute atomic E-state index is 0.303. The molecule has 0 saturated heterocycles. The highest BCUT2D eigenvalue weighted by Gasteiger charge is 2.22. The van der Waals surface area contributed by atoms with E-state index in [2.05, 4.69) is 15.8 Å². The number of aromatic nitrogens is 1. The molecule has 0 spiro atoms. The Balaban J connectivity index is 1.72. The van der Waals surface area contributed by atoms with Crippen LogP contribution in [0.2, 0.25) is 0 Å². The van der Waals surface area contributed by atoms with Crippen LogP contribution in [-0.4, -0.2) is 16.8 Å². The van der Waals surface area contributed by atoms with Gasteiger partial charge in [0.1, 0.15) is 5.25 Å². The fourth-order valence-corrected chi connectivity index (χ4v) is 3.33. The zero-order chi connectivity index (χ0) is 18.2. The van der Waals surface area contributed by atoms with Gasteiger partial charge < -0.3 is 0 Å². The SMILES string of the molecule is O=C(NNC(=O)[C@H](Sc1ccccc1)c1ccccc1)c1cccnc1. The van der Waals surface area contributed by atoms with Gasteiger partial charge in [-0.2, -0.15) is 0 Å². The number of nitrogens with one attached hydrogen (secondary N) is 2. The van der Waals surface area contributed by atoms with Crippen LogP contribution >= 0.6 is 11.8 Å². The fraction of sp³-hybridized carbons (Fsp3) is 0.0500. The molecule has 0 saturated carbocycles. The van der Waals surface area contributed by atoms with E-state index in [-0.39, 0.29) is 5.91 Å². The molecule has 130 valence electrons. The van der Waals surface area contributed by atoms with E-state index < -0.39 is 11.2 Å². The molecule has 0 fully saturated rings. The first-order chi connectivity index (χ1) is 12.7. The molecule has 1 aromatic heterocycles. The predicted octanol–water partition coefficient (Wildman–Crippen LogP) is 3.38. The van der Waals surface area contributed by atoms with E-state index in [4.69, 9.17) is 0 Å². The van der Waals surface area contributed by atoms with Crippen molar-refractivity contribution >= 4 is 23.6 Å². The summed E-state index contributed by atoms with van der Waals surface area (Å²) in [6.07, 6.45) is 3.02. The summed E-state index contributed by atoms with van der Waals surface area (Å²) in [7, 11) is 0. The number of benzene rings is 2. The lowest BCUT2D eigenvalue weighted by molar-refractivity contribution is -0.121. The zero-order valence-corrected chi connectivity index (χ0v) is 14.6. The van der Waals surface area contributed by atoms with Gasteiger partial charge in [-0.15, -0.1) is 11.8 Å². The van der Waals surface area contributed by atoms with Crippen LogP contribution in [0.15, 0.2) is 90.1 Å². The van der Waals surface area contributed by atoms with Crippen molar-refractivity contribution in [2.24, 2.45) is 0 Å². The van der Waals surface area contributed by atoms with Crippen LogP contribution in [0.5, 0.6) is 0 Å². The van der Waals surface area contributed by atoms with Crippen molar-refractivity contribution < 1.29 is 9.59 Å². The largest absolute Gasteiger partial charge is 0.272 e. The normalized spacial score (nSPS) is 11.4. The zero-order valence-electron chi connectivity index (χ0n) is 13.8. The smallest absolute Gasteiger partial charge is 0.271 e. The summed E-state index contributed by atoms with van der Waals surface area (Å²) in [6, 6.07) is 22.4. The molecule has 0 bridgehead atoms. The van der Waals surface area contributed by atoms with Gasteiger partial charge in [0.05, 0.1) is 5.56 Å². The number of hydrogen-bond acceptors (Lipinski definition) is 4. The van der Waals surface area contributed by atoms with E-state index in [0.29, 0.717) is 5.56 Å². The number of amides is 2. The average molecular weight is 363 g/mol. The van der Waals surface area contributed by atoms with Crippen molar-refractivity contribution in [1.29, 1.82) is 0 Å². The summed E-state index contributed by atoms with van der Waals surface area (Å²) in [5, 5.41) is -0.493. The molecule has 5 nitrogen and oxygen atoms in total. The summed E-state index contributed by atoms with van der Waals surface area (Å²) < 4.78 is 0. The maximum absolute atomic E-state index is 12.7. The number of nitrogens with zero attached hydrogens (tertiary/aromatic N) is 1. The van der Waals surface area contributed by atoms with Crippen molar-refractivity contribution in [2.75, 3.05) is 0 Å². The minimum Gasteiger partial charge on any atom is -0.272 e. The monoisotopic (exact) mass is 363 g/mol. The van der Waals surface area contributed by atoms with Gasteiger partial charge in [-0.1, -0.05) is 48.5 Å². The quantitative estimate of drug-likeness (QED) is 0.538. The second-order valence-electron chi connectivity index (χ2n) is 5.41. The highest BCUT2D eigenvalue weighted by Crippen LogP contribution is 2.35. The molecule has 0 aliphatic heterocycles. The first-order valence-corrected chi connectivity index (χ1v) is 8.89. The minimum atomic E-state index is -0.493. The average Bonchev–Trinajstić information content (AvgIpc) is 2.72. The van der Waals surface area contributed by atoms with Gasteiger partial charge in [0.25, 0.3) is 11.8 Å². The highest BCUT2D eigenvalue weighted by molar-refractivity contribution is 8.00.